The van der Waals surface area contributed by atoms with E-state index in [9.17, 15) is 4.79 Å². The molecule has 2 heterocycles. The average molecular weight is 380 g/mol. The summed E-state index contributed by atoms with van der Waals surface area (Å²) in [5, 5.41) is 1.24. The third kappa shape index (κ3) is 3.03. The molecule has 1 fully saturated rings. The van der Waals surface area contributed by atoms with Gasteiger partial charge in [-0.15, -0.1) is 0 Å². The topological polar surface area (TPSA) is 25.2 Å². The van der Waals surface area contributed by atoms with Gasteiger partial charge in [-0.3, -0.25) is 4.79 Å². The maximum atomic E-state index is 12.9. The molecule has 3 aromatic carbocycles. The van der Waals surface area contributed by atoms with Crippen LogP contribution in [0.25, 0.3) is 22.2 Å². The fraction of sp³-hybridized carbons (Fsp3) is 0.192. The Morgan fingerprint density at radius 2 is 1.52 bits per heavy atom. The molecular formula is C26H24N2O. The summed E-state index contributed by atoms with van der Waals surface area (Å²) in [5.41, 5.74) is 6.07. The predicted octanol–water partition coefficient (Wildman–Crippen LogP) is 5.71. The highest BCUT2D eigenvalue weighted by atomic mass is 16.2. The number of aryl methyl sites for hydroxylation is 1. The van der Waals surface area contributed by atoms with Gasteiger partial charge in [-0.25, -0.2) is 0 Å². The molecule has 3 nitrogen and oxygen atoms in total. The molecule has 0 radical (unpaired) electrons. The van der Waals surface area contributed by atoms with Gasteiger partial charge in [-0.1, -0.05) is 78.9 Å². The van der Waals surface area contributed by atoms with Crippen LogP contribution in [-0.2, 0) is 18.4 Å². The largest absolute Gasteiger partial charge is 0.343 e. The van der Waals surface area contributed by atoms with Crippen LogP contribution in [0.3, 0.4) is 0 Å². The molecule has 3 heteroatoms. The van der Waals surface area contributed by atoms with Crippen molar-refractivity contribution in [2.45, 2.75) is 25.4 Å². The van der Waals surface area contributed by atoms with Crippen molar-refractivity contribution in [3.8, 4) is 11.3 Å². The number of hydrogen-bond acceptors (Lipinski definition) is 1. The van der Waals surface area contributed by atoms with Crippen molar-refractivity contribution in [2.24, 2.45) is 7.05 Å². The highest BCUT2D eigenvalue weighted by molar-refractivity contribution is 5.93. The first kappa shape index (κ1) is 17.7. The Morgan fingerprint density at radius 1 is 0.862 bits per heavy atom. The van der Waals surface area contributed by atoms with E-state index < -0.39 is 0 Å². The minimum atomic E-state index is 0.0870. The zero-order chi connectivity index (χ0) is 19.8. The maximum Gasteiger partial charge on any atom is 0.223 e. The second-order valence-corrected chi connectivity index (χ2v) is 7.77. The lowest BCUT2D eigenvalue weighted by atomic mass is 9.97. The van der Waals surface area contributed by atoms with Crippen molar-refractivity contribution in [3.05, 3.63) is 96.1 Å². The fourth-order valence-electron chi connectivity index (χ4n) is 4.72. The lowest BCUT2D eigenvalue weighted by molar-refractivity contribution is -0.129. The highest BCUT2D eigenvalue weighted by Gasteiger charge is 2.36. The van der Waals surface area contributed by atoms with Gasteiger partial charge in [0.25, 0.3) is 0 Å². The molecule has 1 aliphatic rings. The monoisotopic (exact) mass is 380 g/mol. The van der Waals surface area contributed by atoms with Crippen LogP contribution in [0.15, 0.2) is 84.9 Å². The molecule has 0 saturated carbocycles. The number of benzene rings is 3. The van der Waals surface area contributed by atoms with Crippen LogP contribution in [0.1, 0.15) is 30.0 Å². The van der Waals surface area contributed by atoms with E-state index in [1.807, 2.05) is 24.3 Å². The van der Waals surface area contributed by atoms with Crippen molar-refractivity contribution in [1.82, 2.24) is 9.47 Å². The van der Waals surface area contributed by atoms with Crippen LogP contribution in [0.4, 0.5) is 0 Å². The van der Waals surface area contributed by atoms with E-state index in [4.69, 9.17) is 0 Å². The molecular weight excluding hydrogens is 356 g/mol. The van der Waals surface area contributed by atoms with Crippen molar-refractivity contribution >= 4 is 16.8 Å². The van der Waals surface area contributed by atoms with E-state index in [0.717, 1.165) is 6.42 Å². The SMILES string of the molecule is Cn1c(-c2ccccc2)c([C@H]2CCC(=O)N2Cc2ccccc2)c2ccccc21. The molecule has 1 amide bonds. The number of carbonyl (C=O) groups excluding carboxylic acids is 1. The van der Waals surface area contributed by atoms with Crippen LogP contribution in [-0.4, -0.2) is 15.4 Å². The summed E-state index contributed by atoms with van der Waals surface area (Å²) < 4.78 is 2.28. The van der Waals surface area contributed by atoms with Gasteiger partial charge in [0.2, 0.25) is 5.91 Å². The summed E-state index contributed by atoms with van der Waals surface area (Å²) in [6, 6.07) is 29.5. The minimum absolute atomic E-state index is 0.0870. The normalized spacial score (nSPS) is 16.7. The Balaban J connectivity index is 1.68. The second-order valence-electron chi connectivity index (χ2n) is 7.77. The van der Waals surface area contributed by atoms with Gasteiger partial charge in [0.1, 0.15) is 0 Å². The second kappa shape index (κ2) is 7.25. The molecule has 4 aromatic rings. The van der Waals surface area contributed by atoms with Gasteiger partial charge in [-0.05, 0) is 23.6 Å². The molecule has 0 aliphatic carbocycles. The zero-order valence-electron chi connectivity index (χ0n) is 16.6. The Morgan fingerprint density at radius 3 is 2.28 bits per heavy atom. The Hall–Kier alpha value is -3.33. The van der Waals surface area contributed by atoms with Gasteiger partial charge in [0, 0.05) is 36.5 Å². The smallest absolute Gasteiger partial charge is 0.223 e. The van der Waals surface area contributed by atoms with Gasteiger partial charge < -0.3 is 9.47 Å². The van der Waals surface area contributed by atoms with Crippen LogP contribution in [0.5, 0.6) is 0 Å². The van der Waals surface area contributed by atoms with Crippen molar-refractivity contribution in [2.75, 3.05) is 0 Å². The summed E-state index contributed by atoms with van der Waals surface area (Å²) in [6.45, 7) is 0.655. The van der Waals surface area contributed by atoms with E-state index in [1.165, 1.54) is 33.3 Å². The summed E-state index contributed by atoms with van der Waals surface area (Å²) >= 11 is 0. The quantitative estimate of drug-likeness (QED) is 0.445. The summed E-state index contributed by atoms with van der Waals surface area (Å²) in [4.78, 5) is 14.9. The van der Waals surface area contributed by atoms with Crippen LogP contribution < -0.4 is 0 Å². The molecule has 1 saturated heterocycles. The van der Waals surface area contributed by atoms with Crippen LogP contribution in [0, 0.1) is 0 Å². The number of aromatic nitrogens is 1. The number of para-hydroxylation sites is 1. The lowest BCUT2D eigenvalue weighted by Crippen LogP contribution is -2.27. The van der Waals surface area contributed by atoms with Gasteiger partial charge in [-0.2, -0.15) is 0 Å². The number of hydrogen-bond donors (Lipinski definition) is 0. The lowest BCUT2D eigenvalue weighted by Gasteiger charge is -2.26. The first-order chi connectivity index (χ1) is 14.2. The maximum absolute atomic E-state index is 12.9. The summed E-state index contributed by atoms with van der Waals surface area (Å²) in [5.74, 6) is 0.241. The standard InChI is InChI=1S/C26H24N2O/c1-27-22-15-9-8-14-21(22)25(26(27)20-12-6-3-7-13-20)23-16-17-24(29)28(23)18-19-10-4-2-5-11-19/h2-15,23H,16-18H2,1H3/t23-/m1/s1. The first-order valence-electron chi connectivity index (χ1n) is 10.2. The molecule has 144 valence electrons. The number of rotatable bonds is 4. The van der Waals surface area contributed by atoms with E-state index >= 15 is 0 Å². The van der Waals surface area contributed by atoms with Gasteiger partial charge >= 0.3 is 0 Å². The summed E-state index contributed by atoms with van der Waals surface area (Å²) in [7, 11) is 2.13. The molecule has 0 N–H and O–H groups in total. The van der Waals surface area contributed by atoms with E-state index in [0.29, 0.717) is 13.0 Å². The van der Waals surface area contributed by atoms with E-state index in [-0.39, 0.29) is 11.9 Å². The van der Waals surface area contributed by atoms with Crippen molar-refractivity contribution in [1.29, 1.82) is 0 Å². The van der Waals surface area contributed by atoms with Crippen LogP contribution >= 0.6 is 0 Å². The predicted molar refractivity (Wildman–Crippen MR) is 117 cm³/mol. The first-order valence-corrected chi connectivity index (χ1v) is 10.2. The molecule has 0 unspecified atom stereocenters. The molecule has 0 spiro atoms. The summed E-state index contributed by atoms with van der Waals surface area (Å²) in [6.07, 6.45) is 1.47. The molecule has 5 rings (SSSR count). The number of amides is 1. The van der Waals surface area contributed by atoms with E-state index in [2.05, 4.69) is 77.2 Å². The fourth-order valence-corrected chi connectivity index (χ4v) is 4.72. The molecule has 29 heavy (non-hydrogen) atoms. The highest BCUT2D eigenvalue weighted by Crippen LogP contribution is 2.44. The van der Waals surface area contributed by atoms with Gasteiger partial charge in [0.05, 0.1) is 11.7 Å². The number of fused-ring (bicyclic) bond motifs is 1. The Labute approximate surface area is 171 Å². The molecule has 0 bridgehead atoms. The number of nitrogens with zero attached hydrogens (tertiary/aromatic N) is 2. The minimum Gasteiger partial charge on any atom is -0.343 e. The van der Waals surface area contributed by atoms with Crippen LogP contribution in [0.2, 0.25) is 0 Å². The molecule has 1 aliphatic heterocycles. The van der Waals surface area contributed by atoms with Gasteiger partial charge in [0.15, 0.2) is 0 Å². The molecule has 1 atom stereocenters. The third-order valence-electron chi connectivity index (χ3n) is 6.05. The average Bonchev–Trinajstić information content (AvgIpc) is 3.27. The van der Waals surface area contributed by atoms with Crippen molar-refractivity contribution < 1.29 is 4.79 Å². The zero-order valence-corrected chi connectivity index (χ0v) is 16.6. The Bertz CT molecular complexity index is 1160. The Kier molecular flexibility index (Phi) is 4.44. The third-order valence-corrected chi connectivity index (χ3v) is 6.05. The van der Waals surface area contributed by atoms with Crippen molar-refractivity contribution in [3.63, 3.8) is 0 Å². The number of carbonyl (C=O) groups is 1. The van der Waals surface area contributed by atoms with E-state index in [1.54, 1.807) is 0 Å². The number of likely N-dealkylation sites (tertiary alicyclic amines) is 1. The molecule has 1 aromatic heterocycles.